The molecule has 4 fully saturated rings. The molecule has 47 heavy (non-hydrogen) atoms. The van der Waals surface area contributed by atoms with Gasteiger partial charge in [0.2, 0.25) is 17.7 Å². The largest absolute Gasteiger partial charge is 0.494 e. The highest BCUT2D eigenvalue weighted by Crippen LogP contribution is 2.60. The standard InChI is InChI=1S/C35H49BrN4O7/c1-4-14-38(18-17-37-19-22-45-23-20-37)34(44)31-35-24-27(36)30(47-35)28(29(35)33(43)40(31)16-8-7-9-21-41)32(42)39(15-5-2)25-10-12-26(13-11-25)46-6-3/h4-5,10-13,27-31,41H,1-2,6-9,14-24H2,3H3/t27?,28-,29-,30-,31?,35?/m0/s1. The quantitative estimate of drug-likeness (QED) is 0.149. The van der Waals surface area contributed by atoms with E-state index < -0.39 is 29.6 Å². The number of carbonyl (C=O) groups is 3. The molecule has 1 spiro atoms. The highest BCUT2D eigenvalue weighted by Gasteiger charge is 2.76. The van der Waals surface area contributed by atoms with Gasteiger partial charge in [-0.05, 0) is 56.9 Å². The van der Waals surface area contributed by atoms with E-state index in [9.17, 15) is 19.5 Å². The van der Waals surface area contributed by atoms with E-state index in [0.717, 1.165) is 13.1 Å². The van der Waals surface area contributed by atoms with E-state index in [-0.39, 0.29) is 35.7 Å². The highest BCUT2D eigenvalue weighted by molar-refractivity contribution is 9.09. The molecule has 0 radical (unpaired) electrons. The Morgan fingerprint density at radius 3 is 2.47 bits per heavy atom. The molecule has 5 rings (SSSR count). The van der Waals surface area contributed by atoms with Gasteiger partial charge >= 0.3 is 0 Å². The fourth-order valence-electron chi connectivity index (χ4n) is 7.73. The van der Waals surface area contributed by atoms with Crippen LogP contribution in [0.2, 0.25) is 0 Å². The summed E-state index contributed by atoms with van der Waals surface area (Å²) < 4.78 is 17.9. The van der Waals surface area contributed by atoms with Gasteiger partial charge in [-0.2, -0.15) is 0 Å². The third-order valence-electron chi connectivity index (χ3n) is 9.85. The van der Waals surface area contributed by atoms with Gasteiger partial charge in [0.05, 0.1) is 37.8 Å². The van der Waals surface area contributed by atoms with Crippen LogP contribution >= 0.6 is 15.9 Å². The number of amides is 3. The highest BCUT2D eigenvalue weighted by atomic mass is 79.9. The Labute approximate surface area is 286 Å². The van der Waals surface area contributed by atoms with E-state index in [2.05, 4.69) is 34.0 Å². The van der Waals surface area contributed by atoms with Gasteiger partial charge in [-0.1, -0.05) is 28.1 Å². The molecule has 258 valence electrons. The molecule has 11 nitrogen and oxygen atoms in total. The molecule has 4 heterocycles. The van der Waals surface area contributed by atoms with E-state index in [1.54, 1.807) is 26.9 Å². The molecule has 0 aromatic heterocycles. The number of likely N-dealkylation sites (tertiary alicyclic amines) is 1. The predicted molar refractivity (Wildman–Crippen MR) is 183 cm³/mol. The Hall–Kier alpha value is -2.77. The molecule has 4 saturated heterocycles. The predicted octanol–water partition coefficient (Wildman–Crippen LogP) is 2.86. The number of aliphatic hydroxyl groups is 1. The number of carbonyl (C=O) groups excluding carboxylic acids is 3. The number of nitrogens with zero attached hydrogens (tertiary/aromatic N) is 4. The van der Waals surface area contributed by atoms with E-state index in [4.69, 9.17) is 14.2 Å². The Morgan fingerprint density at radius 2 is 1.81 bits per heavy atom. The maximum Gasteiger partial charge on any atom is 0.248 e. The molecule has 4 aliphatic rings. The zero-order valence-corrected chi connectivity index (χ0v) is 29.0. The van der Waals surface area contributed by atoms with E-state index in [0.29, 0.717) is 83.1 Å². The van der Waals surface area contributed by atoms with Crippen molar-refractivity contribution in [3.8, 4) is 5.75 Å². The number of hydrogen-bond acceptors (Lipinski definition) is 8. The molecule has 0 saturated carbocycles. The molecule has 0 aliphatic carbocycles. The second kappa shape index (κ2) is 16.1. The Kier molecular flexibility index (Phi) is 12.2. The van der Waals surface area contributed by atoms with Crippen molar-refractivity contribution in [2.24, 2.45) is 11.8 Å². The topological polar surface area (TPSA) is 112 Å². The average molecular weight is 718 g/mol. The van der Waals surface area contributed by atoms with Gasteiger partial charge in [-0.3, -0.25) is 19.3 Å². The summed E-state index contributed by atoms with van der Waals surface area (Å²) in [4.78, 5) is 51.0. The van der Waals surface area contributed by atoms with E-state index in [1.165, 1.54) is 0 Å². The number of morpholine rings is 1. The van der Waals surface area contributed by atoms with Crippen molar-refractivity contribution in [2.45, 2.75) is 55.2 Å². The summed E-state index contributed by atoms with van der Waals surface area (Å²) in [5.41, 5.74) is -0.484. The minimum Gasteiger partial charge on any atom is -0.494 e. The fraction of sp³-hybridized carbons (Fsp3) is 0.629. The van der Waals surface area contributed by atoms with Crippen molar-refractivity contribution in [3.63, 3.8) is 0 Å². The van der Waals surface area contributed by atoms with Gasteiger partial charge in [-0.15, -0.1) is 13.2 Å². The zero-order valence-electron chi connectivity index (χ0n) is 27.4. The molecule has 1 aromatic rings. The van der Waals surface area contributed by atoms with E-state index >= 15 is 0 Å². The lowest BCUT2D eigenvalue weighted by Gasteiger charge is -2.38. The number of ether oxygens (including phenoxy) is 3. The molecule has 3 unspecified atom stereocenters. The van der Waals surface area contributed by atoms with Gasteiger partial charge in [-0.25, -0.2) is 0 Å². The van der Waals surface area contributed by atoms with Crippen LogP contribution in [0.3, 0.4) is 0 Å². The van der Waals surface area contributed by atoms with Gasteiger partial charge in [0.1, 0.15) is 17.4 Å². The Bertz CT molecular complexity index is 1270. The maximum absolute atomic E-state index is 14.7. The zero-order chi connectivity index (χ0) is 33.6. The molecular formula is C35H49BrN4O7. The molecule has 1 N–H and O–H groups in total. The fourth-order valence-corrected chi connectivity index (χ4v) is 8.67. The summed E-state index contributed by atoms with van der Waals surface area (Å²) in [5, 5.41) is 9.38. The third kappa shape index (κ3) is 7.17. The summed E-state index contributed by atoms with van der Waals surface area (Å²) in [6.07, 6.45) is 5.20. The van der Waals surface area contributed by atoms with E-state index in [1.807, 2.05) is 31.2 Å². The first kappa shape index (κ1) is 35.5. The van der Waals surface area contributed by atoms with Crippen molar-refractivity contribution in [2.75, 3.05) is 77.1 Å². The van der Waals surface area contributed by atoms with Crippen molar-refractivity contribution >= 4 is 39.3 Å². The lowest BCUT2D eigenvalue weighted by atomic mass is 9.70. The van der Waals surface area contributed by atoms with Crippen LogP contribution in [0.4, 0.5) is 5.69 Å². The van der Waals surface area contributed by atoms with Crippen LogP contribution in [-0.4, -0.2) is 132 Å². The van der Waals surface area contributed by atoms with Crippen molar-refractivity contribution in [1.82, 2.24) is 14.7 Å². The molecule has 4 aliphatic heterocycles. The minimum absolute atomic E-state index is 0.0643. The Morgan fingerprint density at radius 1 is 1.09 bits per heavy atom. The number of anilines is 1. The van der Waals surface area contributed by atoms with Crippen molar-refractivity contribution in [1.29, 1.82) is 0 Å². The van der Waals surface area contributed by atoms with Crippen LogP contribution < -0.4 is 9.64 Å². The smallest absolute Gasteiger partial charge is 0.248 e. The first-order valence-electron chi connectivity index (χ1n) is 16.9. The van der Waals surface area contributed by atoms with Crippen LogP contribution in [0, 0.1) is 11.8 Å². The van der Waals surface area contributed by atoms with Gasteiger partial charge in [0, 0.05) is 62.9 Å². The van der Waals surface area contributed by atoms with Crippen molar-refractivity contribution in [3.05, 3.63) is 49.6 Å². The molecule has 1 aromatic carbocycles. The lowest BCUT2D eigenvalue weighted by molar-refractivity contribution is -0.148. The molecule has 12 heteroatoms. The molecular weight excluding hydrogens is 668 g/mol. The van der Waals surface area contributed by atoms with Crippen molar-refractivity contribution < 1.29 is 33.7 Å². The van der Waals surface area contributed by atoms with Crippen LogP contribution in [0.1, 0.15) is 32.6 Å². The maximum atomic E-state index is 14.7. The first-order valence-corrected chi connectivity index (χ1v) is 17.8. The second-order valence-corrected chi connectivity index (χ2v) is 13.8. The van der Waals surface area contributed by atoms with Crippen LogP contribution in [-0.2, 0) is 23.9 Å². The third-order valence-corrected chi connectivity index (χ3v) is 10.7. The number of halogens is 1. The second-order valence-electron chi connectivity index (χ2n) is 12.7. The summed E-state index contributed by atoms with van der Waals surface area (Å²) in [6, 6.07) is 6.44. The lowest BCUT2D eigenvalue weighted by Crippen LogP contribution is -2.58. The average Bonchev–Trinajstić information content (AvgIpc) is 3.67. The summed E-state index contributed by atoms with van der Waals surface area (Å²) in [5.74, 6) is -1.52. The number of aliphatic hydroxyl groups excluding tert-OH is 1. The summed E-state index contributed by atoms with van der Waals surface area (Å²) in [6.45, 7) is 15.3. The first-order chi connectivity index (χ1) is 22.8. The Balaban J connectivity index is 1.47. The van der Waals surface area contributed by atoms with Crippen LogP contribution in [0.25, 0.3) is 0 Å². The number of benzene rings is 1. The summed E-state index contributed by atoms with van der Waals surface area (Å²) >= 11 is 3.80. The molecule has 3 amide bonds. The molecule has 2 bridgehead atoms. The minimum atomic E-state index is -1.15. The summed E-state index contributed by atoms with van der Waals surface area (Å²) in [7, 11) is 0. The number of rotatable bonds is 17. The molecule has 6 atom stereocenters. The normalized spacial score (nSPS) is 28.3. The van der Waals surface area contributed by atoms with Crippen LogP contribution in [0.5, 0.6) is 5.75 Å². The number of hydrogen-bond donors (Lipinski definition) is 1. The van der Waals surface area contributed by atoms with Crippen LogP contribution in [0.15, 0.2) is 49.6 Å². The number of fused-ring (bicyclic) bond motifs is 1. The monoisotopic (exact) mass is 716 g/mol. The number of alkyl halides is 1. The van der Waals surface area contributed by atoms with Gasteiger partial charge in [0.25, 0.3) is 0 Å². The van der Waals surface area contributed by atoms with Gasteiger partial charge in [0.15, 0.2) is 0 Å². The number of unbranched alkanes of at least 4 members (excludes halogenated alkanes) is 2. The SMILES string of the molecule is C=CCN(CCN1CCOCC1)C(=O)C1N(CCCCCO)C(=O)[C@@H]2[C@H](C(=O)N(CC=C)c3ccc(OCC)cc3)[C@H]3OC12CC3Br. The van der Waals surface area contributed by atoms with Gasteiger partial charge < -0.3 is 34.0 Å².